The van der Waals surface area contributed by atoms with Gasteiger partial charge in [0, 0.05) is 38.3 Å². The van der Waals surface area contributed by atoms with E-state index in [1.54, 1.807) is 13.0 Å². The number of aryl methyl sites for hydroxylation is 1. The number of amides is 2. The van der Waals surface area contributed by atoms with Gasteiger partial charge in [-0.05, 0) is 20.3 Å². The van der Waals surface area contributed by atoms with Crippen LogP contribution in [0.1, 0.15) is 32.4 Å². The van der Waals surface area contributed by atoms with Crippen LogP contribution in [0, 0.1) is 6.92 Å². The van der Waals surface area contributed by atoms with Gasteiger partial charge in [0.1, 0.15) is 5.76 Å². The third-order valence-electron chi connectivity index (χ3n) is 4.22. The minimum Gasteiger partial charge on any atom is -0.360 e. The van der Waals surface area contributed by atoms with Crippen molar-refractivity contribution >= 4 is 17.6 Å². The van der Waals surface area contributed by atoms with E-state index in [0.717, 1.165) is 39.0 Å². The summed E-state index contributed by atoms with van der Waals surface area (Å²) in [6, 6.07) is 1.91. The van der Waals surface area contributed by atoms with Crippen LogP contribution >= 0.6 is 0 Å². The molecule has 2 rings (SSSR count). The summed E-state index contributed by atoms with van der Waals surface area (Å²) in [7, 11) is 0. The quantitative estimate of drug-likeness (QED) is 0.721. The summed E-state index contributed by atoms with van der Waals surface area (Å²) in [6.07, 6.45) is 2.07. The molecule has 0 saturated carbocycles. The van der Waals surface area contributed by atoms with E-state index in [1.807, 2.05) is 6.92 Å². The fourth-order valence-corrected chi connectivity index (χ4v) is 2.95. The number of aromatic nitrogens is 1. The number of rotatable bonds is 8. The van der Waals surface area contributed by atoms with E-state index in [1.165, 1.54) is 0 Å². The van der Waals surface area contributed by atoms with E-state index in [9.17, 15) is 9.59 Å². The monoisotopic (exact) mass is 351 g/mol. The molecule has 2 heterocycles. The predicted molar refractivity (Wildman–Crippen MR) is 95.3 cm³/mol. The fourth-order valence-electron chi connectivity index (χ4n) is 2.95. The van der Waals surface area contributed by atoms with Crippen molar-refractivity contribution in [1.82, 2.24) is 20.3 Å². The Morgan fingerprint density at radius 2 is 1.80 bits per heavy atom. The zero-order valence-corrected chi connectivity index (χ0v) is 15.4. The molecule has 1 aromatic heterocycles. The highest BCUT2D eigenvalue weighted by Crippen LogP contribution is 2.07. The number of nitrogens with one attached hydrogen (secondary N) is 2. The minimum atomic E-state index is -0.104. The summed E-state index contributed by atoms with van der Waals surface area (Å²) in [6.45, 7) is 9.77. The molecule has 8 nitrogen and oxygen atoms in total. The third kappa shape index (κ3) is 6.83. The van der Waals surface area contributed by atoms with Gasteiger partial charge >= 0.3 is 0 Å². The number of piperazine rings is 1. The molecular weight excluding hydrogens is 322 g/mol. The van der Waals surface area contributed by atoms with Crippen molar-refractivity contribution in [2.75, 3.05) is 44.6 Å². The largest absolute Gasteiger partial charge is 0.360 e. The Kier molecular flexibility index (Phi) is 7.39. The molecule has 1 aliphatic rings. The number of anilines is 1. The van der Waals surface area contributed by atoms with Gasteiger partial charge in [-0.15, -0.1) is 0 Å². The first-order valence-electron chi connectivity index (χ1n) is 8.93. The summed E-state index contributed by atoms with van der Waals surface area (Å²) >= 11 is 0. The van der Waals surface area contributed by atoms with Gasteiger partial charge in [-0.2, -0.15) is 0 Å². The van der Waals surface area contributed by atoms with Crippen molar-refractivity contribution in [2.24, 2.45) is 0 Å². The van der Waals surface area contributed by atoms with E-state index in [2.05, 4.69) is 32.5 Å². The van der Waals surface area contributed by atoms with E-state index < -0.39 is 0 Å². The Morgan fingerprint density at radius 3 is 2.32 bits per heavy atom. The first-order valence-corrected chi connectivity index (χ1v) is 8.93. The molecule has 140 valence electrons. The zero-order valence-electron chi connectivity index (χ0n) is 15.4. The molecule has 1 unspecified atom stereocenters. The molecule has 1 saturated heterocycles. The van der Waals surface area contributed by atoms with Gasteiger partial charge < -0.3 is 15.2 Å². The lowest BCUT2D eigenvalue weighted by molar-refractivity contribution is -0.124. The first-order chi connectivity index (χ1) is 12.0. The number of carbonyl (C=O) groups is 2. The van der Waals surface area contributed by atoms with Gasteiger partial charge in [-0.3, -0.25) is 19.4 Å². The summed E-state index contributed by atoms with van der Waals surface area (Å²) in [5, 5.41) is 9.50. The second-order valence-electron chi connectivity index (χ2n) is 6.68. The van der Waals surface area contributed by atoms with E-state index in [0.29, 0.717) is 24.7 Å². The first kappa shape index (κ1) is 19.4. The molecule has 25 heavy (non-hydrogen) atoms. The summed E-state index contributed by atoms with van der Waals surface area (Å²) in [5.41, 5.74) is 0. The summed E-state index contributed by atoms with van der Waals surface area (Å²) in [4.78, 5) is 28.2. The number of hydrogen-bond donors (Lipinski definition) is 2. The Hall–Kier alpha value is -1.93. The second-order valence-corrected chi connectivity index (χ2v) is 6.68. The van der Waals surface area contributed by atoms with Crippen molar-refractivity contribution in [3.05, 3.63) is 11.8 Å². The molecule has 0 aromatic carbocycles. The fraction of sp³-hybridized carbons (Fsp3) is 0.706. The van der Waals surface area contributed by atoms with Crippen LogP contribution in [0.5, 0.6) is 0 Å². The van der Waals surface area contributed by atoms with Gasteiger partial charge in [-0.25, -0.2) is 0 Å². The lowest BCUT2D eigenvalue weighted by atomic mass is 10.2. The maximum absolute atomic E-state index is 12.0. The molecule has 1 aromatic rings. The SMILES string of the molecule is CCCC(C)NC(=O)CN1CCN(CC(=O)Nc2cc(C)on2)CC1. The minimum absolute atomic E-state index is 0.0774. The molecule has 0 spiro atoms. The molecule has 1 atom stereocenters. The molecule has 0 bridgehead atoms. The van der Waals surface area contributed by atoms with Crippen LogP contribution in [0.2, 0.25) is 0 Å². The lowest BCUT2D eigenvalue weighted by Crippen LogP contribution is -2.51. The third-order valence-corrected chi connectivity index (χ3v) is 4.22. The van der Waals surface area contributed by atoms with Crippen molar-refractivity contribution < 1.29 is 14.1 Å². The summed E-state index contributed by atoms with van der Waals surface area (Å²) < 4.78 is 4.93. The topological polar surface area (TPSA) is 90.7 Å². The Morgan fingerprint density at radius 1 is 1.20 bits per heavy atom. The Bertz CT molecular complexity index is 566. The molecule has 1 fully saturated rings. The van der Waals surface area contributed by atoms with E-state index in [-0.39, 0.29) is 17.9 Å². The summed E-state index contributed by atoms with van der Waals surface area (Å²) in [5.74, 6) is 1.08. The zero-order chi connectivity index (χ0) is 18.2. The van der Waals surface area contributed by atoms with Crippen molar-refractivity contribution in [3.8, 4) is 0 Å². The van der Waals surface area contributed by atoms with Crippen LogP contribution in [-0.4, -0.2) is 72.1 Å². The van der Waals surface area contributed by atoms with Crippen LogP contribution in [0.25, 0.3) is 0 Å². The van der Waals surface area contributed by atoms with Gasteiger partial charge in [0.05, 0.1) is 13.1 Å². The highest BCUT2D eigenvalue weighted by molar-refractivity contribution is 5.91. The highest BCUT2D eigenvalue weighted by Gasteiger charge is 2.21. The molecule has 8 heteroatoms. The molecule has 1 aliphatic heterocycles. The molecule has 0 radical (unpaired) electrons. The Labute approximate surface area is 148 Å². The van der Waals surface area contributed by atoms with E-state index in [4.69, 9.17) is 4.52 Å². The highest BCUT2D eigenvalue weighted by atomic mass is 16.5. The average molecular weight is 351 g/mol. The number of hydrogen-bond acceptors (Lipinski definition) is 6. The maximum Gasteiger partial charge on any atom is 0.239 e. The standard InChI is InChI=1S/C17H29N5O3/c1-4-5-13(2)18-16(23)11-21-6-8-22(9-7-21)12-17(24)19-15-10-14(3)25-20-15/h10,13H,4-9,11-12H2,1-3H3,(H,18,23)(H,19,20,24). The van der Waals surface area contributed by atoms with Crippen LogP contribution in [0.15, 0.2) is 10.6 Å². The smallest absolute Gasteiger partial charge is 0.239 e. The van der Waals surface area contributed by atoms with Crippen LogP contribution in [0.3, 0.4) is 0 Å². The van der Waals surface area contributed by atoms with Crippen molar-refractivity contribution in [3.63, 3.8) is 0 Å². The van der Waals surface area contributed by atoms with Crippen LogP contribution in [0.4, 0.5) is 5.82 Å². The van der Waals surface area contributed by atoms with Crippen molar-refractivity contribution in [1.29, 1.82) is 0 Å². The van der Waals surface area contributed by atoms with Gasteiger partial charge in [0.15, 0.2) is 5.82 Å². The number of carbonyl (C=O) groups excluding carboxylic acids is 2. The molecule has 0 aliphatic carbocycles. The average Bonchev–Trinajstić information content (AvgIpc) is 2.94. The molecule has 2 N–H and O–H groups in total. The molecule has 2 amide bonds. The maximum atomic E-state index is 12.0. The van der Waals surface area contributed by atoms with Gasteiger partial charge in [0.25, 0.3) is 0 Å². The lowest BCUT2D eigenvalue weighted by Gasteiger charge is -2.33. The second kappa shape index (κ2) is 9.53. The Balaban J connectivity index is 1.65. The number of nitrogens with zero attached hydrogens (tertiary/aromatic N) is 3. The van der Waals surface area contributed by atoms with Crippen LogP contribution in [-0.2, 0) is 9.59 Å². The van der Waals surface area contributed by atoms with Gasteiger partial charge in [0.2, 0.25) is 11.8 Å². The normalized spacial score (nSPS) is 17.2. The molecular formula is C17H29N5O3. The van der Waals surface area contributed by atoms with Crippen LogP contribution < -0.4 is 10.6 Å². The predicted octanol–water partition coefficient (Wildman–Crippen LogP) is 0.844. The van der Waals surface area contributed by atoms with E-state index >= 15 is 0 Å². The van der Waals surface area contributed by atoms with Crippen molar-refractivity contribution in [2.45, 2.75) is 39.7 Å². The van der Waals surface area contributed by atoms with Gasteiger partial charge in [-0.1, -0.05) is 18.5 Å².